The van der Waals surface area contributed by atoms with Crippen molar-refractivity contribution in [3.8, 4) is 23.0 Å². The summed E-state index contributed by atoms with van der Waals surface area (Å²) in [6.45, 7) is 73.8. The Hall–Kier alpha value is -10.2. The fourth-order valence-electron chi connectivity index (χ4n) is 13.1. The first-order valence-corrected chi connectivity index (χ1v) is 50.3. The van der Waals surface area contributed by atoms with Gasteiger partial charge >= 0.3 is 49.6 Å². The van der Waals surface area contributed by atoms with Crippen LogP contribution in [0.15, 0.2) is 243 Å². The van der Waals surface area contributed by atoms with Gasteiger partial charge in [0.1, 0.15) is 5.75 Å². The van der Waals surface area contributed by atoms with E-state index in [0.717, 1.165) is 200 Å². The van der Waals surface area contributed by atoms with Crippen LogP contribution in [-0.4, -0.2) is 41.3 Å². The van der Waals surface area contributed by atoms with Gasteiger partial charge in [-0.25, -0.2) is 17.7 Å². The van der Waals surface area contributed by atoms with Crippen molar-refractivity contribution >= 4 is 227 Å². The number of hydrogen-bond donors (Lipinski definition) is 11. The highest BCUT2D eigenvalue weighted by molar-refractivity contribution is 7.82. The van der Waals surface area contributed by atoms with Crippen LogP contribution in [0.25, 0.3) is 72.9 Å². The molecule has 11 nitrogen and oxygen atoms in total. The van der Waals surface area contributed by atoms with Gasteiger partial charge in [0, 0.05) is 86.2 Å². The van der Waals surface area contributed by atoms with Crippen LogP contribution in [-0.2, 0) is 10.8 Å². The molecule has 139 heavy (non-hydrogen) atoms. The molecule has 7 aromatic heterocycles. The zero-order valence-electron chi connectivity index (χ0n) is 85.7. The van der Waals surface area contributed by atoms with E-state index in [1.165, 1.54) is 51.2 Å². The lowest BCUT2D eigenvalue weighted by Gasteiger charge is -2.24. The third kappa shape index (κ3) is 39.3. The number of allylic oxidation sites excluding steroid dienone is 14. The quantitative estimate of drug-likeness (QED) is 0.0152. The first-order chi connectivity index (χ1) is 65.5. The van der Waals surface area contributed by atoms with Crippen molar-refractivity contribution in [1.29, 1.82) is 0 Å². The average Bonchev–Trinajstić information content (AvgIpc) is 0.761. The van der Waals surface area contributed by atoms with E-state index in [1.807, 2.05) is 233 Å². The van der Waals surface area contributed by atoms with Crippen LogP contribution in [0.4, 0.5) is 0 Å². The van der Waals surface area contributed by atoms with Crippen LogP contribution < -0.4 is 4.74 Å². The van der Waals surface area contributed by atoms with Gasteiger partial charge in [0.25, 0.3) is 19.5 Å². The van der Waals surface area contributed by atoms with Crippen molar-refractivity contribution in [1.82, 2.24) is 0 Å². The van der Waals surface area contributed by atoms with Crippen molar-refractivity contribution in [3.05, 3.63) is 355 Å². The number of thiol groups is 8. The molecule has 3 aromatic carbocycles. The lowest BCUT2D eigenvalue weighted by atomic mass is 9.81. The second-order valence-electron chi connectivity index (χ2n) is 33.0. The summed E-state index contributed by atoms with van der Waals surface area (Å²) in [4.78, 5) is 45.9. The molecule has 10 rings (SSSR count). The van der Waals surface area contributed by atoms with E-state index in [4.69, 9.17) is 22.4 Å². The number of aldehydes is 3. The summed E-state index contributed by atoms with van der Waals surface area (Å²) in [5.41, 5.74) is 24.4. The Morgan fingerprint density at radius 3 is 1.22 bits per heavy atom. The molecule has 10 aromatic rings. The topological polar surface area (TPSA) is 166 Å². The Kier molecular flexibility index (Phi) is 59.3. The smallest absolute Gasteiger partial charge is 0.359 e. The third-order valence-corrected chi connectivity index (χ3v) is 28.4. The van der Waals surface area contributed by atoms with Crippen molar-refractivity contribution < 1.29 is 52.1 Å². The largest absolute Gasteiger partial charge is 0.503 e. The minimum Gasteiger partial charge on any atom is -0.503 e. The standard InChI is InChI=1S/C17H18O2S.C16H19OS.C15H22O2S.2C11H13O.C10H10O2.C10H11O.C10H12S2.C9H12OS3.C8H10S3/c1-4-5-6-7-8-9-10-11-15-13(2)17(19)14(3)20-16(15)12-18;1-5-8-13-12(4)15(10-7-3)18-16(11-17)14(13)9-6-2;1-9-10(8-16)18-13(15(5,6)7)12(17)11(9)14(2,3)4;1-5-10-8(3)7-12-9(4)11(10)6-2;1-4-6-11-9(3)7-12-8-10(11)5-2;1-3-4-5-9-8(2)6-12-7-10(9)11;1-4-9-7-11-6-8(3)10(9)5-2;1-3-4-9-7(2)5-8(11)6-10(9)12;1-4-7(11)5(2)9(13)6(10-3)8(4)12;1-4-6(9)3-7(10)5(2)8(4)11/h4-12H,1-3H3;5-11H,1-4H3;8H,1-7H3;5-7H,1-2H2,3-4H3;4-8H,2H2,1,3H3;3-7H,1H2,2H3;4-7H,1-2H2,3H3;3-6,11-12H,1-2H3;11-13H,1-3H3;3,9-11H,1-2H3/q;+1;;2*+1;;+1;;;/p+3/b5-4+,7-6+,9-8+,11-10+;8-5+,9-6+,10-7+;;;6-4+;5-4+;;4-3+;;. The van der Waals surface area contributed by atoms with Crippen LogP contribution in [0.1, 0.15) is 266 Å². The second-order valence-corrected chi connectivity index (χ2v) is 40.1. The van der Waals surface area contributed by atoms with Crippen molar-refractivity contribution in [2.24, 2.45) is 0 Å². The van der Waals surface area contributed by atoms with Gasteiger partial charge in [-0.1, -0.05) is 227 Å². The van der Waals surface area contributed by atoms with E-state index in [1.54, 1.807) is 99.4 Å². The number of carbonyl (C=O) groups excluding carboxylic acids is 3. The fourth-order valence-corrected chi connectivity index (χ4v) is 19.1. The molecular weight excluding hydrogens is 1930 g/mol. The predicted molar refractivity (Wildman–Crippen MR) is 633 cm³/mol. The summed E-state index contributed by atoms with van der Waals surface area (Å²) in [6, 6.07) is 5.93. The van der Waals surface area contributed by atoms with Gasteiger partial charge in [-0.3, -0.25) is 14.4 Å². The molecule has 0 bridgehead atoms. The molecular formula is C117H143O11S11+7. The maximum atomic E-state index is 11.3. The molecule has 22 heteroatoms. The van der Waals surface area contributed by atoms with E-state index < -0.39 is 0 Å². The van der Waals surface area contributed by atoms with E-state index in [0.29, 0.717) is 15.5 Å². The summed E-state index contributed by atoms with van der Waals surface area (Å²) in [6.07, 6.45) is 63.8. The second kappa shape index (κ2) is 65.0. The van der Waals surface area contributed by atoms with Gasteiger partial charge < -0.3 is 20.1 Å². The summed E-state index contributed by atoms with van der Waals surface area (Å²) in [7, 11) is 1.62. The molecule has 0 spiro atoms. The van der Waals surface area contributed by atoms with Crippen LogP contribution >= 0.6 is 135 Å². The number of hydrogen-bond acceptors (Lipinski definition) is 15. The summed E-state index contributed by atoms with van der Waals surface area (Å²) < 4.78 is 25.5. The minimum absolute atomic E-state index is 0.146. The number of ether oxygens (including phenoxy) is 1. The number of aromatic hydroxyl groups is 3. The van der Waals surface area contributed by atoms with Crippen LogP contribution in [0.2, 0.25) is 0 Å². The molecule has 736 valence electrons. The summed E-state index contributed by atoms with van der Waals surface area (Å²) in [5.74, 6) is 2.36. The molecule has 0 radical (unpaired) electrons. The molecule has 0 unspecified atom stereocenters. The molecule has 3 N–H and O–H groups in total. The lowest BCUT2D eigenvalue weighted by Crippen LogP contribution is -2.18. The highest BCUT2D eigenvalue weighted by atomic mass is 32.1. The lowest BCUT2D eigenvalue weighted by molar-refractivity contribution is 0.111. The van der Waals surface area contributed by atoms with Crippen LogP contribution in [0.3, 0.4) is 0 Å². The fraction of sp³-hybridized carbons (Fsp3) is 0.248. The van der Waals surface area contributed by atoms with E-state index in [2.05, 4.69) is 220 Å². The van der Waals surface area contributed by atoms with Crippen molar-refractivity contribution in [3.63, 3.8) is 0 Å². The van der Waals surface area contributed by atoms with Crippen LogP contribution in [0, 0.1) is 96.9 Å². The molecule has 0 saturated carbocycles. The zero-order chi connectivity index (χ0) is 106. The Morgan fingerprint density at radius 1 is 0.345 bits per heavy atom. The number of aryl methyl sites for hydroxylation is 7. The SMILES string of the molecule is C/C=C/C=C/C=C/C=C/c1c(C=O)[s+]c(C)c(O)c1C.C/C=C/c1[s+]c(C=O)c(/C=C/C)c(/C=C/C)c1C.C/C=C/c1c(C)cc(S)cc1S.C=C/C=C/c1c(C)c[o+]cc1O.C=Cc1c(C)c[o+]c(C)c1C=C.C=Cc1c[o+]cc(C)c1/C=C/C.C=Cc1c[o+]cc(C)c1C=C.COc1c(S)c(C)c(S)c(C)c1S.Cc1c(C=O)[s+]c(C(C)(C)C)c(O)c1C(C)(C)C.Cc1c(S)cc(S)c(C)c1S. The van der Waals surface area contributed by atoms with Gasteiger partial charge in [0.15, 0.2) is 11.5 Å². The van der Waals surface area contributed by atoms with Gasteiger partial charge in [-0.05, 0) is 199 Å². The molecule has 0 saturated heterocycles. The normalized spacial score (nSPS) is 11.0. The predicted octanol–water partition coefficient (Wildman–Crippen LogP) is 37.5. The molecule has 0 aliphatic heterocycles. The highest BCUT2D eigenvalue weighted by Crippen LogP contribution is 2.46. The average molecular weight is 2080 g/mol. The van der Waals surface area contributed by atoms with E-state index >= 15 is 0 Å². The maximum absolute atomic E-state index is 11.3. The summed E-state index contributed by atoms with van der Waals surface area (Å²) >= 11 is 38.9. The van der Waals surface area contributed by atoms with Gasteiger partial charge in [0.2, 0.25) is 68.4 Å². The number of carbonyl (C=O) groups is 3. The Labute approximate surface area is 886 Å². The molecule has 0 aliphatic carbocycles. The Balaban J connectivity index is 0.000000777. The van der Waals surface area contributed by atoms with Gasteiger partial charge in [-0.2, -0.15) is 0 Å². The number of benzene rings is 3. The third-order valence-electron chi connectivity index (χ3n) is 20.6. The van der Waals surface area contributed by atoms with E-state index in [9.17, 15) is 29.7 Å². The molecule has 7 heterocycles. The Morgan fingerprint density at radius 2 is 0.784 bits per heavy atom. The Bertz CT molecular complexity index is 6140. The molecule has 0 aliphatic rings. The van der Waals surface area contributed by atoms with Crippen molar-refractivity contribution in [2.75, 3.05) is 7.11 Å². The minimum atomic E-state index is -0.181. The van der Waals surface area contributed by atoms with E-state index in [-0.39, 0.29) is 22.3 Å². The first kappa shape index (κ1) is 127. The molecule has 0 fully saturated rings. The number of methoxy groups -OCH3 is 1. The van der Waals surface area contributed by atoms with Crippen LogP contribution in [0.5, 0.6) is 23.0 Å². The molecule has 0 atom stereocenters. The maximum Gasteiger partial charge on any atom is 0.359 e. The molecule has 0 amide bonds. The first-order valence-electron chi connectivity index (χ1n) is 44.3. The van der Waals surface area contributed by atoms with Gasteiger partial charge in [0.05, 0.1) is 73.9 Å². The monoisotopic (exact) mass is 2080 g/mol. The number of rotatable bonds is 20. The van der Waals surface area contributed by atoms with Crippen molar-refractivity contribution in [2.45, 2.75) is 230 Å². The zero-order valence-corrected chi connectivity index (χ0v) is 95.3. The highest BCUT2D eigenvalue weighted by Gasteiger charge is 2.38. The summed E-state index contributed by atoms with van der Waals surface area (Å²) in [5, 5.41) is 29.8. The van der Waals surface area contributed by atoms with Gasteiger partial charge in [-0.15, -0.1) is 101 Å².